The van der Waals surface area contributed by atoms with Gasteiger partial charge in [-0.1, -0.05) is 0 Å². The van der Waals surface area contributed by atoms with Crippen LogP contribution in [-0.4, -0.2) is 30.2 Å². The molecule has 4 heteroatoms. The molecule has 0 saturated carbocycles. The second-order valence-electron chi connectivity index (χ2n) is 5.07. The Morgan fingerprint density at radius 3 is 3.18 bits per heavy atom. The minimum Gasteiger partial charge on any atom is -0.351 e. The number of pyridine rings is 1. The number of aryl methyl sites for hydroxylation is 1. The first-order valence-corrected chi connectivity index (χ1v) is 6.98. The summed E-state index contributed by atoms with van der Waals surface area (Å²) in [5.74, 6) is 1.16. The lowest BCUT2D eigenvalue weighted by molar-refractivity contribution is 0.577. The van der Waals surface area contributed by atoms with Crippen molar-refractivity contribution in [3.8, 4) is 0 Å². The van der Waals surface area contributed by atoms with Crippen molar-refractivity contribution < 1.29 is 0 Å². The predicted octanol–water partition coefficient (Wildman–Crippen LogP) is 2.16. The summed E-state index contributed by atoms with van der Waals surface area (Å²) in [6.45, 7) is 4.38. The molecule has 4 heterocycles. The molecule has 0 aromatic carbocycles. The molecule has 2 aliphatic heterocycles. The molecular formula is C13H15N3S. The van der Waals surface area contributed by atoms with Gasteiger partial charge in [-0.3, -0.25) is 0 Å². The Balaban J connectivity index is 1.75. The summed E-state index contributed by atoms with van der Waals surface area (Å²) in [6, 6.07) is 7.94. The van der Waals surface area contributed by atoms with Gasteiger partial charge in [-0.2, -0.15) is 0 Å². The van der Waals surface area contributed by atoms with Crippen molar-refractivity contribution in [2.24, 2.45) is 0 Å². The molecule has 2 aliphatic rings. The fourth-order valence-electron chi connectivity index (χ4n) is 3.04. The quantitative estimate of drug-likeness (QED) is 0.834. The Hall–Kier alpha value is -1.13. The van der Waals surface area contributed by atoms with Crippen LogP contribution in [0.25, 0.3) is 10.2 Å². The Morgan fingerprint density at radius 1 is 1.47 bits per heavy atom. The number of hydrogen-bond acceptors (Lipinski definition) is 4. The average Bonchev–Trinajstić information content (AvgIpc) is 3.00. The molecule has 2 saturated heterocycles. The molecule has 1 N–H and O–H groups in total. The summed E-state index contributed by atoms with van der Waals surface area (Å²) >= 11 is 1.79. The zero-order valence-electron chi connectivity index (χ0n) is 9.81. The number of nitrogens with zero attached hydrogens (tertiary/aromatic N) is 2. The second kappa shape index (κ2) is 3.43. The lowest BCUT2D eigenvalue weighted by atomic mass is 10.2. The van der Waals surface area contributed by atoms with Crippen LogP contribution >= 0.6 is 11.3 Å². The molecule has 88 valence electrons. The fraction of sp³-hybridized carbons (Fsp3) is 0.462. The molecule has 3 nitrogen and oxygen atoms in total. The zero-order valence-corrected chi connectivity index (χ0v) is 10.6. The summed E-state index contributed by atoms with van der Waals surface area (Å²) in [4.78, 5) is 9.80. The maximum Gasteiger partial charge on any atom is 0.130 e. The van der Waals surface area contributed by atoms with E-state index in [1.54, 1.807) is 11.3 Å². The smallest absolute Gasteiger partial charge is 0.130 e. The number of piperazine rings is 1. The molecule has 2 aromatic heterocycles. The number of thiophene rings is 1. The number of aromatic nitrogens is 1. The van der Waals surface area contributed by atoms with Crippen molar-refractivity contribution in [1.82, 2.24) is 10.3 Å². The Bertz CT molecular complexity index is 577. The second-order valence-corrected chi connectivity index (χ2v) is 6.30. The molecule has 2 atom stereocenters. The summed E-state index contributed by atoms with van der Waals surface area (Å²) in [5.41, 5.74) is 0. The van der Waals surface area contributed by atoms with E-state index in [0.717, 1.165) is 18.9 Å². The van der Waals surface area contributed by atoms with Gasteiger partial charge in [0.05, 0.1) is 0 Å². The summed E-state index contributed by atoms with van der Waals surface area (Å²) in [5, 5.41) is 4.81. The van der Waals surface area contributed by atoms with Crippen LogP contribution in [0.3, 0.4) is 0 Å². The Labute approximate surface area is 104 Å². The standard InChI is InChI=1S/C13H15N3S/c1-8-4-9-2-3-12(15-13(9)17-8)16-7-10-5-11(16)6-14-10/h2-4,10-11,14H,5-7H2,1H3. The maximum atomic E-state index is 4.81. The minimum absolute atomic E-state index is 0.658. The Morgan fingerprint density at radius 2 is 2.41 bits per heavy atom. The van der Waals surface area contributed by atoms with Crippen molar-refractivity contribution in [3.63, 3.8) is 0 Å². The summed E-state index contributed by atoms with van der Waals surface area (Å²) < 4.78 is 0. The van der Waals surface area contributed by atoms with Crippen LogP contribution in [0.1, 0.15) is 11.3 Å². The average molecular weight is 245 g/mol. The van der Waals surface area contributed by atoms with Gasteiger partial charge in [0.15, 0.2) is 0 Å². The van der Waals surface area contributed by atoms with Crippen LogP contribution in [-0.2, 0) is 0 Å². The van der Waals surface area contributed by atoms with Crippen molar-refractivity contribution in [1.29, 1.82) is 0 Å². The van der Waals surface area contributed by atoms with Crippen LogP contribution in [0.4, 0.5) is 5.82 Å². The molecule has 2 bridgehead atoms. The van der Waals surface area contributed by atoms with Crippen molar-refractivity contribution in [2.75, 3.05) is 18.0 Å². The van der Waals surface area contributed by atoms with Gasteiger partial charge in [0, 0.05) is 35.4 Å². The van der Waals surface area contributed by atoms with Crippen LogP contribution in [0.5, 0.6) is 0 Å². The van der Waals surface area contributed by atoms with Gasteiger partial charge in [-0.05, 0) is 31.5 Å². The fourth-order valence-corrected chi connectivity index (χ4v) is 3.91. The van der Waals surface area contributed by atoms with Gasteiger partial charge in [0.1, 0.15) is 10.6 Å². The van der Waals surface area contributed by atoms with E-state index in [1.165, 1.54) is 21.5 Å². The largest absolute Gasteiger partial charge is 0.351 e. The zero-order chi connectivity index (χ0) is 11.4. The molecule has 17 heavy (non-hydrogen) atoms. The van der Waals surface area contributed by atoms with Crippen molar-refractivity contribution >= 4 is 27.4 Å². The first-order valence-electron chi connectivity index (χ1n) is 6.17. The normalized spacial score (nSPS) is 27.2. The number of rotatable bonds is 1. The SMILES string of the molecule is Cc1cc2ccc(N3CC4CC3CN4)nc2s1. The summed E-state index contributed by atoms with van der Waals surface area (Å²) in [6.07, 6.45) is 1.28. The van der Waals surface area contributed by atoms with Gasteiger partial charge < -0.3 is 10.2 Å². The van der Waals surface area contributed by atoms with E-state index in [2.05, 4.69) is 35.3 Å². The van der Waals surface area contributed by atoms with Gasteiger partial charge in [-0.15, -0.1) is 11.3 Å². The van der Waals surface area contributed by atoms with Crippen molar-refractivity contribution in [3.05, 3.63) is 23.1 Å². The molecular weight excluding hydrogens is 230 g/mol. The monoisotopic (exact) mass is 245 g/mol. The summed E-state index contributed by atoms with van der Waals surface area (Å²) in [7, 11) is 0. The molecule has 0 aliphatic carbocycles. The number of anilines is 1. The van der Waals surface area contributed by atoms with Gasteiger partial charge in [-0.25, -0.2) is 4.98 Å². The van der Waals surface area contributed by atoms with Crippen LogP contribution in [0.2, 0.25) is 0 Å². The van der Waals surface area contributed by atoms with E-state index in [1.807, 2.05) is 0 Å². The first-order chi connectivity index (χ1) is 8.29. The van der Waals surface area contributed by atoms with Gasteiger partial charge in [0.25, 0.3) is 0 Å². The first kappa shape index (κ1) is 9.85. The third-order valence-electron chi connectivity index (χ3n) is 3.84. The molecule has 0 amide bonds. The highest BCUT2D eigenvalue weighted by atomic mass is 32.1. The van der Waals surface area contributed by atoms with Crippen LogP contribution < -0.4 is 10.2 Å². The van der Waals surface area contributed by atoms with Gasteiger partial charge in [0.2, 0.25) is 0 Å². The molecule has 0 radical (unpaired) electrons. The number of nitrogens with one attached hydrogen (secondary N) is 1. The van der Waals surface area contributed by atoms with E-state index < -0.39 is 0 Å². The molecule has 4 rings (SSSR count). The minimum atomic E-state index is 0.658. The highest BCUT2D eigenvalue weighted by molar-refractivity contribution is 7.18. The lowest BCUT2D eigenvalue weighted by Crippen LogP contribution is -2.43. The molecule has 2 unspecified atom stereocenters. The predicted molar refractivity (Wildman–Crippen MR) is 71.9 cm³/mol. The number of fused-ring (bicyclic) bond motifs is 3. The molecule has 2 aromatic rings. The van der Waals surface area contributed by atoms with E-state index in [4.69, 9.17) is 4.98 Å². The molecule has 2 fully saturated rings. The highest BCUT2D eigenvalue weighted by Gasteiger charge is 2.38. The van der Waals surface area contributed by atoms with Gasteiger partial charge >= 0.3 is 0 Å². The van der Waals surface area contributed by atoms with E-state index in [-0.39, 0.29) is 0 Å². The van der Waals surface area contributed by atoms with E-state index in [9.17, 15) is 0 Å². The number of hydrogen-bond donors (Lipinski definition) is 1. The highest BCUT2D eigenvalue weighted by Crippen LogP contribution is 2.31. The lowest BCUT2D eigenvalue weighted by Gasteiger charge is -2.28. The third kappa shape index (κ3) is 1.47. The molecule has 0 spiro atoms. The van der Waals surface area contributed by atoms with Crippen LogP contribution in [0.15, 0.2) is 18.2 Å². The Kier molecular flexibility index (Phi) is 1.99. The maximum absolute atomic E-state index is 4.81. The van der Waals surface area contributed by atoms with Crippen molar-refractivity contribution in [2.45, 2.75) is 25.4 Å². The van der Waals surface area contributed by atoms with Crippen LogP contribution in [0, 0.1) is 6.92 Å². The van der Waals surface area contributed by atoms with E-state index in [0.29, 0.717) is 12.1 Å². The van der Waals surface area contributed by atoms with E-state index >= 15 is 0 Å². The topological polar surface area (TPSA) is 28.2 Å². The third-order valence-corrected chi connectivity index (χ3v) is 4.80.